The van der Waals surface area contributed by atoms with Crippen molar-refractivity contribution < 1.29 is 9.59 Å². The van der Waals surface area contributed by atoms with Crippen LogP contribution in [0.5, 0.6) is 0 Å². The highest BCUT2D eigenvalue weighted by molar-refractivity contribution is 6.06. The fourth-order valence-electron chi connectivity index (χ4n) is 2.76. The van der Waals surface area contributed by atoms with Crippen LogP contribution in [0.2, 0.25) is 0 Å². The van der Waals surface area contributed by atoms with Gasteiger partial charge in [-0.1, -0.05) is 13.8 Å². The van der Waals surface area contributed by atoms with E-state index in [0.29, 0.717) is 6.42 Å². The van der Waals surface area contributed by atoms with Crippen LogP contribution in [0.3, 0.4) is 0 Å². The van der Waals surface area contributed by atoms with E-state index in [1.807, 2.05) is 0 Å². The number of hydrogen-bond acceptors (Lipinski definition) is 4. The summed E-state index contributed by atoms with van der Waals surface area (Å²) in [5, 5.41) is 3.32. The first kappa shape index (κ1) is 14.5. The summed E-state index contributed by atoms with van der Waals surface area (Å²) in [6.07, 6.45) is 2.30. The molecule has 5 nitrogen and oxygen atoms in total. The van der Waals surface area contributed by atoms with Gasteiger partial charge in [-0.3, -0.25) is 14.5 Å². The third-order valence-corrected chi connectivity index (χ3v) is 4.01. The van der Waals surface area contributed by atoms with Gasteiger partial charge in [0.15, 0.2) is 0 Å². The van der Waals surface area contributed by atoms with Crippen molar-refractivity contribution in [1.82, 2.24) is 15.1 Å². The molecule has 0 aromatic rings. The van der Waals surface area contributed by atoms with E-state index in [2.05, 4.69) is 31.0 Å². The third kappa shape index (κ3) is 3.34. The molecule has 108 valence electrons. The van der Waals surface area contributed by atoms with Gasteiger partial charge in [-0.25, -0.2) is 0 Å². The molecule has 1 saturated carbocycles. The van der Waals surface area contributed by atoms with Crippen LogP contribution in [-0.4, -0.2) is 59.4 Å². The van der Waals surface area contributed by atoms with Crippen molar-refractivity contribution in [2.45, 2.75) is 58.2 Å². The predicted octanol–water partition coefficient (Wildman–Crippen LogP) is 0.596. The molecular weight excluding hydrogens is 242 g/mol. The zero-order chi connectivity index (χ0) is 14.0. The number of nitrogens with one attached hydrogen (secondary N) is 1. The van der Waals surface area contributed by atoms with Gasteiger partial charge in [-0.15, -0.1) is 0 Å². The minimum Gasteiger partial charge on any atom is -0.302 e. The first-order valence-corrected chi connectivity index (χ1v) is 7.41. The molecule has 19 heavy (non-hydrogen) atoms. The molecule has 2 atom stereocenters. The van der Waals surface area contributed by atoms with Crippen LogP contribution < -0.4 is 5.32 Å². The number of likely N-dealkylation sites (N-methyl/N-ethyl adjacent to an activating group) is 1. The summed E-state index contributed by atoms with van der Waals surface area (Å²) >= 11 is 0. The Morgan fingerprint density at radius 3 is 2.47 bits per heavy atom. The fraction of sp³-hybridized carbons (Fsp3) is 0.857. The number of likely N-dealkylation sites (tertiary alicyclic amines) is 1. The second kappa shape index (κ2) is 6.01. The quantitative estimate of drug-likeness (QED) is 0.686. The van der Waals surface area contributed by atoms with Gasteiger partial charge in [0.2, 0.25) is 11.8 Å². The Kier molecular flexibility index (Phi) is 4.58. The fourth-order valence-corrected chi connectivity index (χ4v) is 2.76. The highest BCUT2D eigenvalue weighted by Gasteiger charge is 2.46. The average Bonchev–Trinajstić information content (AvgIpc) is 3.15. The van der Waals surface area contributed by atoms with Crippen molar-refractivity contribution in [3.8, 4) is 0 Å². The zero-order valence-corrected chi connectivity index (χ0v) is 12.2. The molecule has 0 aromatic carbocycles. The zero-order valence-electron chi connectivity index (χ0n) is 12.2. The molecule has 0 aromatic heterocycles. The molecule has 1 saturated heterocycles. The molecule has 2 unspecified atom stereocenters. The third-order valence-electron chi connectivity index (χ3n) is 4.01. The highest BCUT2D eigenvalue weighted by atomic mass is 16.2. The summed E-state index contributed by atoms with van der Waals surface area (Å²) < 4.78 is 0. The number of carbonyl (C=O) groups is 2. The Morgan fingerprint density at radius 2 is 1.95 bits per heavy atom. The number of hydrogen-bond donors (Lipinski definition) is 1. The first-order valence-electron chi connectivity index (χ1n) is 7.41. The van der Waals surface area contributed by atoms with Crippen LogP contribution in [0, 0.1) is 0 Å². The van der Waals surface area contributed by atoms with Gasteiger partial charge >= 0.3 is 0 Å². The van der Waals surface area contributed by atoms with Crippen molar-refractivity contribution >= 4 is 11.8 Å². The molecule has 2 amide bonds. The lowest BCUT2D eigenvalue weighted by molar-refractivity contribution is -0.139. The van der Waals surface area contributed by atoms with E-state index in [4.69, 9.17) is 0 Å². The van der Waals surface area contributed by atoms with Gasteiger partial charge < -0.3 is 10.2 Å². The standard InChI is InChI=1S/C14H25N3O2/c1-4-16(5-2)9-10(3)15-12-8-13(18)17(14(12)19)11-6-7-11/h10-12,15H,4-9H2,1-3H3. The Labute approximate surface area is 115 Å². The maximum absolute atomic E-state index is 12.2. The Bertz CT molecular complexity index is 351. The Morgan fingerprint density at radius 1 is 1.32 bits per heavy atom. The maximum atomic E-state index is 12.2. The van der Waals surface area contributed by atoms with Gasteiger partial charge in [0.25, 0.3) is 0 Å². The van der Waals surface area contributed by atoms with E-state index >= 15 is 0 Å². The number of nitrogens with zero attached hydrogens (tertiary/aromatic N) is 2. The summed E-state index contributed by atoms with van der Waals surface area (Å²) in [5.41, 5.74) is 0. The van der Waals surface area contributed by atoms with E-state index in [1.54, 1.807) is 0 Å². The molecule has 1 aliphatic carbocycles. The molecule has 2 rings (SSSR count). The lowest BCUT2D eigenvalue weighted by atomic mass is 10.2. The van der Waals surface area contributed by atoms with Gasteiger partial charge in [0, 0.05) is 18.6 Å². The molecule has 0 radical (unpaired) electrons. The van der Waals surface area contributed by atoms with Crippen LogP contribution >= 0.6 is 0 Å². The summed E-state index contributed by atoms with van der Waals surface area (Å²) in [7, 11) is 0. The SMILES string of the molecule is CCN(CC)CC(C)NC1CC(=O)N(C2CC2)C1=O. The molecule has 1 aliphatic heterocycles. The molecule has 1 heterocycles. The smallest absolute Gasteiger partial charge is 0.247 e. The predicted molar refractivity (Wildman–Crippen MR) is 73.7 cm³/mol. The van der Waals surface area contributed by atoms with E-state index in [0.717, 1.165) is 32.5 Å². The van der Waals surface area contributed by atoms with Gasteiger partial charge in [-0.05, 0) is 32.9 Å². The van der Waals surface area contributed by atoms with Crippen molar-refractivity contribution in [2.75, 3.05) is 19.6 Å². The topological polar surface area (TPSA) is 52.7 Å². The van der Waals surface area contributed by atoms with Gasteiger partial charge in [0.05, 0.1) is 12.5 Å². The van der Waals surface area contributed by atoms with E-state index in [-0.39, 0.29) is 29.9 Å². The van der Waals surface area contributed by atoms with Crippen LogP contribution in [0.4, 0.5) is 0 Å². The van der Waals surface area contributed by atoms with E-state index in [1.165, 1.54) is 4.90 Å². The van der Waals surface area contributed by atoms with Crippen molar-refractivity contribution in [2.24, 2.45) is 0 Å². The van der Waals surface area contributed by atoms with Crippen molar-refractivity contribution in [1.29, 1.82) is 0 Å². The number of carbonyl (C=O) groups excluding carboxylic acids is 2. The number of imide groups is 1. The van der Waals surface area contributed by atoms with Crippen LogP contribution in [0.25, 0.3) is 0 Å². The number of rotatable bonds is 7. The van der Waals surface area contributed by atoms with Gasteiger partial charge in [-0.2, -0.15) is 0 Å². The summed E-state index contributed by atoms with van der Waals surface area (Å²) in [6.45, 7) is 9.28. The monoisotopic (exact) mass is 267 g/mol. The first-order chi connectivity index (χ1) is 9.06. The van der Waals surface area contributed by atoms with Crippen LogP contribution in [0.1, 0.15) is 40.0 Å². The summed E-state index contributed by atoms with van der Waals surface area (Å²) in [5.74, 6) is -0.0149. The highest BCUT2D eigenvalue weighted by Crippen LogP contribution is 2.31. The molecule has 2 aliphatic rings. The normalized spacial score (nSPS) is 25.5. The van der Waals surface area contributed by atoms with Gasteiger partial charge in [0.1, 0.15) is 0 Å². The second-order valence-corrected chi connectivity index (χ2v) is 5.64. The lowest BCUT2D eigenvalue weighted by Crippen LogP contribution is -2.47. The molecule has 0 bridgehead atoms. The number of amides is 2. The minimum absolute atomic E-state index is 0.0000363. The summed E-state index contributed by atoms with van der Waals surface area (Å²) in [4.78, 5) is 27.8. The molecule has 2 fully saturated rings. The lowest BCUT2D eigenvalue weighted by Gasteiger charge is -2.25. The molecule has 0 spiro atoms. The van der Waals surface area contributed by atoms with Crippen molar-refractivity contribution in [3.05, 3.63) is 0 Å². The molecular formula is C14H25N3O2. The largest absolute Gasteiger partial charge is 0.302 e. The average molecular weight is 267 g/mol. The Balaban J connectivity index is 1.85. The Hall–Kier alpha value is -0.940. The minimum atomic E-state index is -0.307. The second-order valence-electron chi connectivity index (χ2n) is 5.64. The van der Waals surface area contributed by atoms with Crippen LogP contribution in [0.15, 0.2) is 0 Å². The van der Waals surface area contributed by atoms with Crippen LogP contribution in [-0.2, 0) is 9.59 Å². The maximum Gasteiger partial charge on any atom is 0.247 e. The molecule has 5 heteroatoms. The summed E-state index contributed by atoms with van der Waals surface area (Å²) in [6, 6.07) is 0.115. The van der Waals surface area contributed by atoms with Crippen molar-refractivity contribution in [3.63, 3.8) is 0 Å². The van der Waals surface area contributed by atoms with E-state index in [9.17, 15) is 9.59 Å². The van der Waals surface area contributed by atoms with E-state index < -0.39 is 0 Å². The molecule has 1 N–H and O–H groups in total.